The fraction of sp³-hybridized carbons (Fsp3) is 0.478. The Bertz CT molecular complexity index is 859. The minimum atomic E-state index is -0.718. The van der Waals surface area contributed by atoms with Crippen molar-refractivity contribution in [1.82, 2.24) is 9.88 Å². The Morgan fingerprint density at radius 3 is 3.00 bits per heavy atom. The lowest BCUT2D eigenvalue weighted by molar-refractivity contribution is -0.139. The van der Waals surface area contributed by atoms with Crippen molar-refractivity contribution in [2.45, 2.75) is 32.1 Å². The molecule has 1 aromatic carbocycles. The molecule has 0 unspecified atom stereocenters. The van der Waals surface area contributed by atoms with E-state index in [0.29, 0.717) is 12.5 Å². The summed E-state index contributed by atoms with van der Waals surface area (Å²) in [5, 5.41) is 10.4. The lowest BCUT2D eigenvalue weighted by atomic mass is 9.80. The van der Waals surface area contributed by atoms with Crippen LogP contribution in [0.25, 0.3) is 10.9 Å². The normalized spacial score (nSPS) is 20.0. The maximum Gasteiger partial charge on any atom is 0.303 e. The number of pyridine rings is 1. The average Bonchev–Trinajstić information content (AvgIpc) is 2.69. The van der Waals surface area contributed by atoms with Gasteiger partial charge < -0.3 is 9.84 Å². The van der Waals surface area contributed by atoms with E-state index in [2.05, 4.69) is 21.9 Å². The largest absolute Gasteiger partial charge is 0.497 e. The van der Waals surface area contributed by atoms with E-state index in [-0.39, 0.29) is 12.3 Å². The number of ether oxygens (including phenoxy) is 1. The number of carboxylic acids is 1. The molecular weight excluding hydrogens is 352 g/mol. The van der Waals surface area contributed by atoms with E-state index in [4.69, 9.17) is 11.2 Å². The van der Waals surface area contributed by atoms with Crippen molar-refractivity contribution < 1.29 is 14.6 Å². The molecule has 1 aromatic heterocycles. The van der Waals surface area contributed by atoms with E-state index in [0.717, 1.165) is 55.4 Å². The molecule has 0 spiro atoms. The molecule has 5 heteroatoms. The highest BCUT2D eigenvalue weighted by atomic mass is 16.5. The molecule has 3 rings (SSSR count). The third-order valence-electron chi connectivity index (χ3n) is 5.79. The number of carboxylic acid groups (broad SMARTS) is 1. The minimum absolute atomic E-state index is 0.175. The monoisotopic (exact) mass is 380 g/mol. The van der Waals surface area contributed by atoms with Crippen molar-refractivity contribution in [2.24, 2.45) is 11.8 Å². The van der Waals surface area contributed by atoms with E-state index in [9.17, 15) is 9.90 Å². The number of aliphatic carboxylic acids is 1. The van der Waals surface area contributed by atoms with Gasteiger partial charge in [-0.05, 0) is 73.9 Å². The quantitative estimate of drug-likeness (QED) is 0.709. The van der Waals surface area contributed by atoms with Crippen LogP contribution < -0.4 is 4.74 Å². The highest BCUT2D eigenvalue weighted by Crippen LogP contribution is 2.31. The third kappa shape index (κ3) is 5.02. The molecule has 5 nitrogen and oxygen atoms in total. The van der Waals surface area contributed by atoms with Crippen LogP contribution in [-0.2, 0) is 11.2 Å². The van der Waals surface area contributed by atoms with Crippen LogP contribution in [0.4, 0.5) is 0 Å². The SMILES string of the molecule is C#CCN1CC[C@@H](CCCc2ccnc3ccc(OC)cc23)[C@@H](CC(=O)O)C1. The van der Waals surface area contributed by atoms with Gasteiger partial charge >= 0.3 is 5.97 Å². The predicted molar refractivity (Wildman–Crippen MR) is 110 cm³/mol. The molecule has 1 N–H and O–H groups in total. The molecule has 0 radical (unpaired) electrons. The molecule has 0 aliphatic carbocycles. The first-order valence-electron chi connectivity index (χ1n) is 9.90. The van der Waals surface area contributed by atoms with Crippen LogP contribution in [0.2, 0.25) is 0 Å². The number of rotatable bonds is 8. The molecule has 0 saturated carbocycles. The maximum absolute atomic E-state index is 11.3. The van der Waals surface area contributed by atoms with Gasteiger partial charge in [-0.15, -0.1) is 6.42 Å². The van der Waals surface area contributed by atoms with Crippen molar-refractivity contribution in [1.29, 1.82) is 0 Å². The van der Waals surface area contributed by atoms with Crippen LogP contribution in [0.1, 0.15) is 31.2 Å². The van der Waals surface area contributed by atoms with Gasteiger partial charge in [0.1, 0.15) is 5.75 Å². The van der Waals surface area contributed by atoms with Crippen molar-refractivity contribution >= 4 is 16.9 Å². The predicted octanol–water partition coefficient (Wildman–Crippen LogP) is 3.61. The standard InChI is InChI=1S/C23H28N2O3/c1-3-12-25-13-10-17(19(16-25)14-23(26)27)5-4-6-18-9-11-24-22-8-7-20(28-2)15-21(18)22/h1,7-9,11,15,17,19H,4-6,10,12-14,16H2,2H3,(H,26,27)/t17-,19+/m1/s1. The van der Waals surface area contributed by atoms with Gasteiger partial charge in [-0.1, -0.05) is 5.92 Å². The Morgan fingerprint density at radius 1 is 1.39 bits per heavy atom. The zero-order valence-corrected chi connectivity index (χ0v) is 16.4. The molecule has 2 heterocycles. The summed E-state index contributed by atoms with van der Waals surface area (Å²) in [6.45, 7) is 2.35. The zero-order valence-electron chi connectivity index (χ0n) is 16.4. The maximum atomic E-state index is 11.3. The van der Waals surface area contributed by atoms with Crippen LogP contribution in [0.3, 0.4) is 0 Å². The minimum Gasteiger partial charge on any atom is -0.497 e. The van der Waals surface area contributed by atoms with Gasteiger partial charge in [-0.3, -0.25) is 14.7 Å². The van der Waals surface area contributed by atoms with E-state index >= 15 is 0 Å². The summed E-state index contributed by atoms with van der Waals surface area (Å²) in [4.78, 5) is 17.9. The first kappa shape index (κ1) is 20.2. The smallest absolute Gasteiger partial charge is 0.303 e. The summed E-state index contributed by atoms with van der Waals surface area (Å²) in [5.41, 5.74) is 2.24. The Balaban J connectivity index is 1.64. The van der Waals surface area contributed by atoms with Crippen LogP contribution >= 0.6 is 0 Å². The summed E-state index contributed by atoms with van der Waals surface area (Å²) >= 11 is 0. The summed E-state index contributed by atoms with van der Waals surface area (Å²) in [6, 6.07) is 8.04. The molecule has 1 aliphatic heterocycles. The number of benzene rings is 1. The number of carbonyl (C=O) groups is 1. The number of nitrogens with zero attached hydrogens (tertiary/aromatic N) is 2. The highest BCUT2D eigenvalue weighted by molar-refractivity contribution is 5.83. The molecule has 0 amide bonds. The molecule has 2 aromatic rings. The van der Waals surface area contributed by atoms with Crippen molar-refractivity contribution in [3.8, 4) is 18.1 Å². The van der Waals surface area contributed by atoms with Crippen LogP contribution in [0.5, 0.6) is 5.75 Å². The van der Waals surface area contributed by atoms with Crippen molar-refractivity contribution in [2.75, 3.05) is 26.7 Å². The second-order valence-electron chi connectivity index (χ2n) is 7.59. The van der Waals surface area contributed by atoms with E-state index < -0.39 is 5.97 Å². The number of aryl methyl sites for hydroxylation is 1. The number of likely N-dealkylation sites (tertiary alicyclic amines) is 1. The number of aromatic nitrogens is 1. The number of terminal acetylenes is 1. The lowest BCUT2D eigenvalue weighted by Gasteiger charge is -2.37. The number of hydrogen-bond acceptors (Lipinski definition) is 4. The summed E-state index contributed by atoms with van der Waals surface area (Å²) in [6.07, 6.45) is 11.6. The van der Waals surface area contributed by atoms with Crippen molar-refractivity contribution in [3.63, 3.8) is 0 Å². The topological polar surface area (TPSA) is 62.7 Å². The van der Waals surface area contributed by atoms with E-state index in [1.54, 1.807) is 7.11 Å². The molecule has 1 saturated heterocycles. The number of fused-ring (bicyclic) bond motifs is 1. The third-order valence-corrected chi connectivity index (χ3v) is 5.79. The number of hydrogen-bond donors (Lipinski definition) is 1. The van der Waals surface area contributed by atoms with Crippen LogP contribution in [0.15, 0.2) is 30.5 Å². The Hall–Kier alpha value is -2.58. The van der Waals surface area contributed by atoms with Crippen LogP contribution in [-0.4, -0.2) is 47.7 Å². The van der Waals surface area contributed by atoms with Crippen molar-refractivity contribution in [3.05, 3.63) is 36.0 Å². The Labute approximate surface area is 166 Å². The molecular formula is C23H28N2O3. The number of piperidine rings is 1. The molecule has 0 bridgehead atoms. The Kier molecular flexibility index (Phi) is 6.89. The molecule has 1 aliphatic rings. The molecule has 1 fully saturated rings. The van der Waals surface area contributed by atoms with Gasteiger partial charge in [0.25, 0.3) is 0 Å². The fourth-order valence-electron chi connectivity index (χ4n) is 4.35. The van der Waals surface area contributed by atoms with Gasteiger partial charge in [-0.2, -0.15) is 0 Å². The second-order valence-corrected chi connectivity index (χ2v) is 7.59. The van der Waals surface area contributed by atoms with E-state index in [1.165, 1.54) is 5.56 Å². The summed E-state index contributed by atoms with van der Waals surface area (Å²) < 4.78 is 5.36. The van der Waals surface area contributed by atoms with Gasteiger partial charge in [0, 0.05) is 24.5 Å². The number of methoxy groups -OCH3 is 1. The van der Waals surface area contributed by atoms with Crippen LogP contribution in [0, 0.1) is 24.2 Å². The van der Waals surface area contributed by atoms with Gasteiger partial charge in [-0.25, -0.2) is 0 Å². The van der Waals surface area contributed by atoms with Gasteiger partial charge in [0.15, 0.2) is 0 Å². The molecule has 28 heavy (non-hydrogen) atoms. The van der Waals surface area contributed by atoms with Gasteiger partial charge in [0.2, 0.25) is 0 Å². The molecule has 148 valence electrons. The zero-order chi connectivity index (χ0) is 19.9. The van der Waals surface area contributed by atoms with Gasteiger partial charge in [0.05, 0.1) is 19.2 Å². The first-order valence-corrected chi connectivity index (χ1v) is 9.90. The highest BCUT2D eigenvalue weighted by Gasteiger charge is 2.30. The lowest BCUT2D eigenvalue weighted by Crippen LogP contribution is -2.41. The Morgan fingerprint density at radius 2 is 2.25 bits per heavy atom. The van der Waals surface area contributed by atoms with E-state index in [1.807, 2.05) is 24.4 Å². The second kappa shape index (κ2) is 9.57. The first-order chi connectivity index (χ1) is 13.6. The fourth-order valence-corrected chi connectivity index (χ4v) is 4.35. The molecule has 2 atom stereocenters. The summed E-state index contributed by atoms with van der Waals surface area (Å²) in [7, 11) is 1.67. The summed E-state index contributed by atoms with van der Waals surface area (Å²) in [5.74, 6) is 3.41. The average molecular weight is 380 g/mol.